The molecule has 1 aliphatic rings. The van der Waals surface area contributed by atoms with E-state index in [0.717, 1.165) is 16.6 Å². The van der Waals surface area contributed by atoms with Crippen LogP contribution < -0.4 is 5.32 Å². The van der Waals surface area contributed by atoms with Gasteiger partial charge in [-0.1, -0.05) is 23.4 Å². The molecule has 0 unspecified atom stereocenters. The molecule has 0 aliphatic carbocycles. The molecule has 3 aromatic heterocycles. The number of rotatable bonds is 5. The largest absolute Gasteiger partial charge is 0.338 e. The second-order valence-corrected chi connectivity index (χ2v) is 7.52. The number of benzene rings is 1. The van der Waals surface area contributed by atoms with Crippen LogP contribution >= 0.6 is 0 Å². The van der Waals surface area contributed by atoms with Crippen molar-refractivity contribution in [3.05, 3.63) is 66.7 Å². The van der Waals surface area contributed by atoms with E-state index in [-0.39, 0.29) is 24.3 Å². The van der Waals surface area contributed by atoms with Gasteiger partial charge in [0, 0.05) is 25.9 Å². The maximum atomic E-state index is 13.0. The van der Waals surface area contributed by atoms with Crippen molar-refractivity contribution in [3.8, 4) is 0 Å². The predicted molar refractivity (Wildman–Crippen MR) is 112 cm³/mol. The van der Waals surface area contributed by atoms with Gasteiger partial charge in [-0.25, -0.2) is 9.36 Å². The third-order valence-corrected chi connectivity index (χ3v) is 5.55. The highest BCUT2D eigenvalue weighted by atomic mass is 16.2. The molecule has 2 atom stereocenters. The lowest BCUT2D eigenvalue weighted by atomic mass is 9.94. The predicted octanol–water partition coefficient (Wildman–Crippen LogP) is 1.69. The quantitative estimate of drug-likeness (QED) is 0.530. The van der Waals surface area contributed by atoms with Crippen LogP contribution in [-0.2, 0) is 16.3 Å². The molecular weight excluding hydrogens is 396 g/mol. The van der Waals surface area contributed by atoms with Crippen LogP contribution in [0.15, 0.2) is 61.2 Å². The molecule has 0 radical (unpaired) electrons. The lowest BCUT2D eigenvalue weighted by Crippen LogP contribution is -2.30. The Kier molecular flexibility index (Phi) is 4.66. The molecule has 31 heavy (non-hydrogen) atoms. The van der Waals surface area contributed by atoms with E-state index in [0.29, 0.717) is 12.4 Å². The van der Waals surface area contributed by atoms with Crippen molar-refractivity contribution in [3.63, 3.8) is 0 Å². The summed E-state index contributed by atoms with van der Waals surface area (Å²) in [6.07, 6.45) is 6.83. The highest BCUT2D eigenvalue weighted by molar-refractivity contribution is 5.97. The van der Waals surface area contributed by atoms with Gasteiger partial charge >= 0.3 is 0 Å². The standard InChI is InChI=1S/C21H20N8O2/c1-27-19(30)9-16(20(27)14-5-4-8-22-10-14)21(31)24-15-11-23-28(12-15)13-29-18-7-3-2-6-17(18)25-26-29/h2-8,10-12,16,20H,9,13H2,1H3,(H,24,31)/t16-,20+/m1/s1. The van der Waals surface area contributed by atoms with Gasteiger partial charge in [0.05, 0.1) is 35.6 Å². The van der Waals surface area contributed by atoms with Crippen LogP contribution in [-0.4, -0.2) is 53.5 Å². The van der Waals surface area contributed by atoms with Gasteiger partial charge in [-0.15, -0.1) is 5.10 Å². The van der Waals surface area contributed by atoms with Gasteiger partial charge in [-0.3, -0.25) is 14.6 Å². The van der Waals surface area contributed by atoms with Crippen LogP contribution in [0.25, 0.3) is 11.0 Å². The Bertz CT molecular complexity index is 1250. The van der Waals surface area contributed by atoms with Crippen molar-refractivity contribution < 1.29 is 9.59 Å². The topological polar surface area (TPSA) is 111 Å². The van der Waals surface area contributed by atoms with Gasteiger partial charge in [-0.05, 0) is 23.8 Å². The van der Waals surface area contributed by atoms with Crippen molar-refractivity contribution in [1.29, 1.82) is 0 Å². The molecule has 0 bridgehead atoms. The van der Waals surface area contributed by atoms with Gasteiger partial charge in [0.1, 0.15) is 12.2 Å². The fraction of sp³-hybridized carbons (Fsp3) is 0.238. The molecule has 156 valence electrons. The second kappa shape index (κ2) is 7.63. The molecule has 1 N–H and O–H groups in total. The van der Waals surface area contributed by atoms with Crippen molar-refractivity contribution >= 4 is 28.5 Å². The zero-order chi connectivity index (χ0) is 21.4. The van der Waals surface area contributed by atoms with Gasteiger partial charge in [-0.2, -0.15) is 5.10 Å². The van der Waals surface area contributed by atoms with E-state index < -0.39 is 5.92 Å². The summed E-state index contributed by atoms with van der Waals surface area (Å²) in [5.74, 6) is -0.802. The van der Waals surface area contributed by atoms with Gasteiger partial charge < -0.3 is 10.2 Å². The van der Waals surface area contributed by atoms with E-state index in [4.69, 9.17) is 0 Å². The molecule has 10 nitrogen and oxygen atoms in total. The fourth-order valence-electron chi connectivity index (χ4n) is 4.01. The summed E-state index contributed by atoms with van der Waals surface area (Å²) in [5.41, 5.74) is 3.10. The van der Waals surface area contributed by atoms with E-state index in [9.17, 15) is 9.59 Å². The highest BCUT2D eigenvalue weighted by Crippen LogP contribution is 2.37. The van der Waals surface area contributed by atoms with Crippen molar-refractivity contribution in [2.75, 3.05) is 12.4 Å². The summed E-state index contributed by atoms with van der Waals surface area (Å²) in [7, 11) is 1.72. The Balaban J connectivity index is 1.32. The van der Waals surface area contributed by atoms with Crippen LogP contribution in [0.4, 0.5) is 5.69 Å². The Morgan fingerprint density at radius 2 is 2.06 bits per heavy atom. The van der Waals surface area contributed by atoms with Crippen molar-refractivity contribution in [1.82, 2.24) is 34.7 Å². The number of hydrogen-bond acceptors (Lipinski definition) is 6. The van der Waals surface area contributed by atoms with Crippen LogP contribution in [0, 0.1) is 5.92 Å². The minimum absolute atomic E-state index is 0.0669. The SMILES string of the molecule is CN1C(=O)C[C@@H](C(=O)Nc2cnn(Cn3nnc4ccccc43)c2)[C@@H]1c1cccnc1. The first-order valence-electron chi connectivity index (χ1n) is 9.87. The van der Waals surface area contributed by atoms with Crippen LogP contribution in [0.3, 0.4) is 0 Å². The Morgan fingerprint density at radius 3 is 2.90 bits per heavy atom. The molecule has 0 spiro atoms. The third-order valence-electron chi connectivity index (χ3n) is 5.55. The molecule has 1 aromatic carbocycles. The van der Waals surface area contributed by atoms with Gasteiger partial charge in [0.2, 0.25) is 11.8 Å². The fourth-order valence-corrected chi connectivity index (χ4v) is 4.01. The Labute approximate surface area is 177 Å². The number of aromatic nitrogens is 6. The molecule has 5 rings (SSSR count). The summed E-state index contributed by atoms with van der Waals surface area (Å²) in [4.78, 5) is 31.1. The minimum atomic E-state index is -0.510. The molecular formula is C21H20N8O2. The lowest BCUT2D eigenvalue weighted by molar-refractivity contribution is -0.127. The number of carbonyl (C=O) groups excluding carboxylic acids is 2. The van der Waals surface area contributed by atoms with E-state index in [1.54, 1.807) is 52.2 Å². The minimum Gasteiger partial charge on any atom is -0.338 e. The van der Waals surface area contributed by atoms with E-state index >= 15 is 0 Å². The normalized spacial score (nSPS) is 18.6. The second-order valence-electron chi connectivity index (χ2n) is 7.52. The van der Waals surface area contributed by atoms with Crippen molar-refractivity contribution in [2.24, 2.45) is 5.92 Å². The zero-order valence-electron chi connectivity index (χ0n) is 16.8. The molecule has 1 aliphatic heterocycles. The number of hydrogen-bond donors (Lipinski definition) is 1. The number of fused-ring (bicyclic) bond motifs is 1. The monoisotopic (exact) mass is 416 g/mol. The Hall–Kier alpha value is -4.08. The molecule has 4 heterocycles. The zero-order valence-corrected chi connectivity index (χ0v) is 16.8. The van der Waals surface area contributed by atoms with Crippen LogP contribution in [0.1, 0.15) is 18.0 Å². The average Bonchev–Trinajstić information content (AvgIpc) is 3.48. The summed E-state index contributed by atoms with van der Waals surface area (Å²) < 4.78 is 3.40. The van der Waals surface area contributed by atoms with E-state index in [2.05, 4.69) is 25.7 Å². The maximum Gasteiger partial charge on any atom is 0.230 e. The first kappa shape index (κ1) is 18.9. The Morgan fingerprint density at radius 1 is 1.19 bits per heavy atom. The van der Waals surface area contributed by atoms with E-state index in [1.807, 2.05) is 30.3 Å². The number of likely N-dealkylation sites (tertiary alicyclic amines) is 1. The number of nitrogens with one attached hydrogen (secondary N) is 1. The van der Waals surface area contributed by atoms with Crippen LogP contribution in [0.5, 0.6) is 0 Å². The average molecular weight is 416 g/mol. The molecule has 4 aromatic rings. The summed E-state index contributed by atoms with van der Waals surface area (Å²) in [6, 6.07) is 11.0. The number of anilines is 1. The highest BCUT2D eigenvalue weighted by Gasteiger charge is 2.42. The smallest absolute Gasteiger partial charge is 0.230 e. The summed E-state index contributed by atoms with van der Waals surface area (Å²) >= 11 is 0. The summed E-state index contributed by atoms with van der Waals surface area (Å²) in [6.45, 7) is 0.360. The third kappa shape index (κ3) is 3.52. The van der Waals surface area contributed by atoms with Gasteiger partial charge in [0.25, 0.3) is 0 Å². The number of carbonyl (C=O) groups is 2. The molecule has 1 fully saturated rings. The molecule has 1 saturated heterocycles. The number of pyridine rings is 1. The lowest BCUT2D eigenvalue weighted by Gasteiger charge is -2.24. The number of nitrogens with zero attached hydrogens (tertiary/aromatic N) is 7. The number of para-hydroxylation sites is 1. The maximum absolute atomic E-state index is 13.0. The van der Waals surface area contributed by atoms with E-state index in [1.165, 1.54) is 0 Å². The first-order chi connectivity index (χ1) is 15.1. The molecule has 10 heteroatoms. The number of amides is 2. The van der Waals surface area contributed by atoms with Crippen molar-refractivity contribution in [2.45, 2.75) is 19.1 Å². The summed E-state index contributed by atoms with van der Waals surface area (Å²) in [5, 5.41) is 15.5. The first-order valence-corrected chi connectivity index (χ1v) is 9.87. The van der Waals surface area contributed by atoms with Gasteiger partial charge in [0.15, 0.2) is 0 Å². The molecule has 0 saturated carbocycles. The molecule has 2 amide bonds. The van der Waals surface area contributed by atoms with Crippen LogP contribution in [0.2, 0.25) is 0 Å².